The van der Waals surface area contributed by atoms with Crippen LogP contribution in [0.3, 0.4) is 0 Å². The Morgan fingerprint density at radius 2 is 2.14 bits per heavy atom. The standard InChI is InChI=1S/C16H22N2O2S/c1-3-14-16(19)18(12-8-9-20-10-12)15(17-14)11-4-6-13(21-2)7-5-11/h4-7,12,14-15,17H,3,8-10H2,1-2H3. The molecule has 0 aromatic heterocycles. The van der Waals surface area contributed by atoms with Gasteiger partial charge in [0.1, 0.15) is 6.17 Å². The van der Waals surface area contributed by atoms with Crippen LogP contribution in [0, 0.1) is 0 Å². The highest BCUT2D eigenvalue weighted by Crippen LogP contribution is 2.32. The normalized spacial score (nSPS) is 29.3. The van der Waals surface area contributed by atoms with Crippen molar-refractivity contribution in [1.82, 2.24) is 10.2 Å². The SMILES string of the molecule is CCC1NC(c2ccc(SC)cc2)N(C2CCOC2)C1=O. The first-order chi connectivity index (χ1) is 10.2. The molecule has 3 rings (SSSR count). The van der Waals surface area contributed by atoms with Crippen molar-refractivity contribution in [3.8, 4) is 0 Å². The van der Waals surface area contributed by atoms with E-state index in [-0.39, 0.29) is 24.2 Å². The zero-order valence-corrected chi connectivity index (χ0v) is 13.4. The molecule has 5 heteroatoms. The lowest BCUT2D eigenvalue weighted by atomic mass is 10.1. The predicted octanol–water partition coefficient (Wildman–Crippen LogP) is 2.41. The fourth-order valence-electron chi connectivity index (χ4n) is 3.12. The molecule has 1 aromatic rings. The maximum atomic E-state index is 12.6. The van der Waals surface area contributed by atoms with Crippen molar-refractivity contribution in [3.63, 3.8) is 0 Å². The van der Waals surface area contributed by atoms with E-state index >= 15 is 0 Å². The Morgan fingerprint density at radius 1 is 1.38 bits per heavy atom. The second-order valence-corrected chi connectivity index (χ2v) is 6.45. The molecular weight excluding hydrogens is 284 g/mol. The van der Waals surface area contributed by atoms with Gasteiger partial charge in [-0.25, -0.2) is 0 Å². The molecule has 2 aliphatic rings. The highest BCUT2D eigenvalue weighted by atomic mass is 32.2. The lowest BCUT2D eigenvalue weighted by molar-refractivity contribution is -0.132. The summed E-state index contributed by atoms with van der Waals surface area (Å²) in [5.41, 5.74) is 1.16. The van der Waals surface area contributed by atoms with E-state index in [0.29, 0.717) is 6.61 Å². The Kier molecular flexibility index (Phi) is 4.52. The van der Waals surface area contributed by atoms with Crippen LogP contribution >= 0.6 is 11.8 Å². The third kappa shape index (κ3) is 2.82. The van der Waals surface area contributed by atoms with Crippen molar-refractivity contribution in [3.05, 3.63) is 29.8 Å². The molecule has 0 spiro atoms. The fraction of sp³-hybridized carbons (Fsp3) is 0.562. The molecule has 0 radical (unpaired) electrons. The molecule has 1 N–H and O–H groups in total. The maximum absolute atomic E-state index is 12.6. The molecule has 2 aliphatic heterocycles. The van der Waals surface area contributed by atoms with Crippen LogP contribution in [0.5, 0.6) is 0 Å². The molecule has 4 nitrogen and oxygen atoms in total. The van der Waals surface area contributed by atoms with Crippen molar-refractivity contribution >= 4 is 17.7 Å². The summed E-state index contributed by atoms with van der Waals surface area (Å²) in [7, 11) is 0. The molecule has 0 aliphatic carbocycles. The molecule has 0 saturated carbocycles. The van der Waals surface area contributed by atoms with E-state index in [9.17, 15) is 4.79 Å². The lowest BCUT2D eigenvalue weighted by Crippen LogP contribution is -2.40. The van der Waals surface area contributed by atoms with Crippen LogP contribution in [0.2, 0.25) is 0 Å². The van der Waals surface area contributed by atoms with Crippen LogP contribution in [0.25, 0.3) is 0 Å². The monoisotopic (exact) mass is 306 g/mol. The molecule has 2 heterocycles. The summed E-state index contributed by atoms with van der Waals surface area (Å²) in [4.78, 5) is 15.9. The molecule has 114 valence electrons. The average Bonchev–Trinajstić information content (AvgIpc) is 3.14. The zero-order chi connectivity index (χ0) is 14.8. The summed E-state index contributed by atoms with van der Waals surface area (Å²) >= 11 is 1.73. The van der Waals surface area contributed by atoms with Crippen LogP contribution in [0.1, 0.15) is 31.5 Å². The number of carbonyl (C=O) groups is 1. The first kappa shape index (κ1) is 14.9. The molecule has 2 saturated heterocycles. The van der Waals surface area contributed by atoms with Crippen molar-refractivity contribution in [2.75, 3.05) is 19.5 Å². The van der Waals surface area contributed by atoms with Gasteiger partial charge in [-0.3, -0.25) is 10.1 Å². The van der Waals surface area contributed by atoms with E-state index in [4.69, 9.17) is 4.74 Å². The van der Waals surface area contributed by atoms with Gasteiger partial charge in [0, 0.05) is 11.5 Å². The van der Waals surface area contributed by atoms with Crippen LogP contribution in [0.4, 0.5) is 0 Å². The minimum atomic E-state index is -0.0733. The van der Waals surface area contributed by atoms with Gasteiger partial charge < -0.3 is 9.64 Å². The van der Waals surface area contributed by atoms with Crippen molar-refractivity contribution in [2.45, 2.75) is 42.9 Å². The Labute approximate surface area is 130 Å². The highest BCUT2D eigenvalue weighted by Gasteiger charge is 2.43. The molecule has 0 bridgehead atoms. The molecule has 3 unspecified atom stereocenters. The first-order valence-corrected chi connectivity index (χ1v) is 8.77. The van der Waals surface area contributed by atoms with E-state index in [0.717, 1.165) is 25.0 Å². The Hall–Kier alpha value is -1.04. The van der Waals surface area contributed by atoms with Gasteiger partial charge in [0.2, 0.25) is 5.91 Å². The van der Waals surface area contributed by atoms with Crippen molar-refractivity contribution < 1.29 is 9.53 Å². The van der Waals surface area contributed by atoms with E-state index < -0.39 is 0 Å². The van der Waals surface area contributed by atoms with Crippen LogP contribution < -0.4 is 5.32 Å². The average molecular weight is 306 g/mol. The molecule has 3 atom stereocenters. The third-order valence-electron chi connectivity index (χ3n) is 4.33. The van der Waals surface area contributed by atoms with Crippen molar-refractivity contribution in [1.29, 1.82) is 0 Å². The van der Waals surface area contributed by atoms with Gasteiger partial charge >= 0.3 is 0 Å². The van der Waals surface area contributed by atoms with Gasteiger partial charge in [-0.15, -0.1) is 11.8 Å². The summed E-state index contributed by atoms with van der Waals surface area (Å²) in [6, 6.07) is 8.61. The van der Waals surface area contributed by atoms with Gasteiger partial charge in [-0.2, -0.15) is 0 Å². The summed E-state index contributed by atoms with van der Waals surface area (Å²) in [6.45, 7) is 3.46. The quantitative estimate of drug-likeness (QED) is 0.867. The van der Waals surface area contributed by atoms with Gasteiger partial charge in [-0.1, -0.05) is 19.1 Å². The number of hydrogen-bond donors (Lipinski definition) is 1. The molecule has 1 amide bonds. The fourth-order valence-corrected chi connectivity index (χ4v) is 3.53. The van der Waals surface area contributed by atoms with Gasteiger partial charge in [0.05, 0.1) is 18.7 Å². The number of nitrogens with zero attached hydrogens (tertiary/aromatic N) is 1. The Morgan fingerprint density at radius 3 is 2.71 bits per heavy atom. The Bertz CT molecular complexity index is 500. The Balaban J connectivity index is 1.87. The summed E-state index contributed by atoms with van der Waals surface area (Å²) in [6.07, 6.45) is 3.80. The van der Waals surface area contributed by atoms with E-state index in [1.807, 2.05) is 4.90 Å². The largest absolute Gasteiger partial charge is 0.379 e. The molecule has 1 aromatic carbocycles. The topological polar surface area (TPSA) is 41.6 Å². The molecular formula is C16H22N2O2S. The van der Waals surface area contributed by atoms with Crippen LogP contribution in [-0.4, -0.2) is 42.4 Å². The summed E-state index contributed by atoms with van der Waals surface area (Å²) in [5.74, 6) is 0.215. The van der Waals surface area contributed by atoms with Gasteiger partial charge in [-0.05, 0) is 36.8 Å². The number of carbonyl (C=O) groups excluding carboxylic acids is 1. The smallest absolute Gasteiger partial charge is 0.241 e. The van der Waals surface area contributed by atoms with Crippen LogP contribution in [-0.2, 0) is 9.53 Å². The number of rotatable bonds is 4. The minimum Gasteiger partial charge on any atom is -0.379 e. The number of ether oxygens (including phenoxy) is 1. The van der Waals surface area contributed by atoms with E-state index in [1.54, 1.807) is 11.8 Å². The zero-order valence-electron chi connectivity index (χ0n) is 12.5. The van der Waals surface area contributed by atoms with Gasteiger partial charge in [0.15, 0.2) is 0 Å². The summed E-state index contributed by atoms with van der Waals surface area (Å²) < 4.78 is 5.48. The van der Waals surface area contributed by atoms with Crippen molar-refractivity contribution in [2.24, 2.45) is 0 Å². The second kappa shape index (κ2) is 6.38. The van der Waals surface area contributed by atoms with E-state index in [2.05, 4.69) is 42.8 Å². The summed E-state index contributed by atoms with van der Waals surface area (Å²) in [5, 5.41) is 3.49. The number of nitrogens with one attached hydrogen (secondary N) is 1. The van der Waals surface area contributed by atoms with E-state index in [1.165, 1.54) is 4.90 Å². The predicted molar refractivity (Wildman–Crippen MR) is 84.2 cm³/mol. The molecule has 2 fully saturated rings. The second-order valence-electron chi connectivity index (χ2n) is 5.57. The molecule has 21 heavy (non-hydrogen) atoms. The van der Waals surface area contributed by atoms with Gasteiger partial charge in [0.25, 0.3) is 0 Å². The van der Waals surface area contributed by atoms with Crippen LogP contribution in [0.15, 0.2) is 29.2 Å². The maximum Gasteiger partial charge on any atom is 0.241 e. The highest BCUT2D eigenvalue weighted by molar-refractivity contribution is 7.98. The number of thioether (sulfide) groups is 1. The number of benzene rings is 1. The first-order valence-electron chi connectivity index (χ1n) is 7.54. The lowest BCUT2D eigenvalue weighted by Gasteiger charge is -2.29. The number of amides is 1. The number of hydrogen-bond acceptors (Lipinski definition) is 4. The minimum absolute atomic E-state index is 0.0231. The third-order valence-corrected chi connectivity index (χ3v) is 5.07.